The number of sulfonamides is 1. The second-order valence-electron chi connectivity index (χ2n) is 3.58. The second kappa shape index (κ2) is 7.00. The van der Waals surface area contributed by atoms with Crippen LogP contribution in [0.2, 0.25) is 0 Å². The maximum atomic E-state index is 11.7. The van der Waals surface area contributed by atoms with Crippen molar-refractivity contribution in [1.29, 1.82) is 0 Å². The zero-order valence-corrected chi connectivity index (χ0v) is 12.5. The SMILES string of the molecule is O=[N+]([O-])c1ccccc1CS(=O)(=O)NCCCI. The lowest BCUT2D eigenvalue weighted by Gasteiger charge is -2.06. The highest BCUT2D eigenvalue weighted by Gasteiger charge is 2.18. The van der Waals surface area contributed by atoms with Crippen LogP contribution >= 0.6 is 22.6 Å². The lowest BCUT2D eigenvalue weighted by molar-refractivity contribution is -0.385. The fourth-order valence-electron chi connectivity index (χ4n) is 1.36. The minimum Gasteiger partial charge on any atom is -0.258 e. The Kier molecular flexibility index (Phi) is 5.96. The summed E-state index contributed by atoms with van der Waals surface area (Å²) in [4.78, 5) is 10.2. The van der Waals surface area contributed by atoms with Crippen LogP contribution in [0.3, 0.4) is 0 Å². The van der Waals surface area contributed by atoms with Crippen molar-refractivity contribution in [2.24, 2.45) is 0 Å². The van der Waals surface area contributed by atoms with E-state index in [9.17, 15) is 18.5 Å². The van der Waals surface area contributed by atoms with Gasteiger partial charge < -0.3 is 0 Å². The molecule has 0 unspecified atom stereocenters. The van der Waals surface area contributed by atoms with Gasteiger partial charge in [0.1, 0.15) is 0 Å². The summed E-state index contributed by atoms with van der Waals surface area (Å²) < 4.78 is 26.7. The van der Waals surface area contributed by atoms with E-state index in [4.69, 9.17) is 0 Å². The molecule has 0 bridgehead atoms. The average molecular weight is 384 g/mol. The molecule has 0 aromatic heterocycles. The molecule has 100 valence electrons. The van der Waals surface area contributed by atoms with Crippen molar-refractivity contribution in [3.63, 3.8) is 0 Å². The summed E-state index contributed by atoms with van der Waals surface area (Å²) in [6.07, 6.45) is 0.733. The number of nitrogens with zero attached hydrogens (tertiary/aromatic N) is 1. The molecule has 8 heteroatoms. The van der Waals surface area contributed by atoms with Crippen LogP contribution in [-0.2, 0) is 15.8 Å². The van der Waals surface area contributed by atoms with Gasteiger partial charge in [-0.05, 0) is 6.42 Å². The van der Waals surface area contributed by atoms with E-state index in [1.165, 1.54) is 18.2 Å². The molecule has 0 heterocycles. The molecular formula is C10H13IN2O4S. The molecule has 1 N–H and O–H groups in total. The monoisotopic (exact) mass is 384 g/mol. The first-order valence-electron chi connectivity index (χ1n) is 5.22. The Hall–Kier alpha value is -0.740. The van der Waals surface area contributed by atoms with E-state index in [-0.39, 0.29) is 17.0 Å². The van der Waals surface area contributed by atoms with E-state index in [1.807, 2.05) is 0 Å². The normalized spacial score (nSPS) is 11.4. The van der Waals surface area contributed by atoms with Crippen LogP contribution in [0.15, 0.2) is 24.3 Å². The summed E-state index contributed by atoms with van der Waals surface area (Å²) in [5, 5.41) is 10.8. The molecule has 18 heavy (non-hydrogen) atoms. The van der Waals surface area contributed by atoms with Crippen molar-refractivity contribution in [2.75, 3.05) is 11.0 Å². The molecule has 0 amide bonds. The Morgan fingerprint density at radius 1 is 1.33 bits per heavy atom. The number of alkyl halides is 1. The third-order valence-corrected chi connectivity index (χ3v) is 4.26. The van der Waals surface area contributed by atoms with Crippen LogP contribution < -0.4 is 4.72 Å². The Labute approximate surface area is 119 Å². The summed E-state index contributed by atoms with van der Waals surface area (Å²) in [5.74, 6) is -0.370. The Balaban J connectivity index is 2.81. The van der Waals surface area contributed by atoms with Crippen molar-refractivity contribution in [2.45, 2.75) is 12.2 Å². The molecule has 0 aliphatic carbocycles. The largest absolute Gasteiger partial charge is 0.273 e. The summed E-state index contributed by atoms with van der Waals surface area (Å²) >= 11 is 2.15. The first-order chi connectivity index (χ1) is 8.46. The molecule has 0 radical (unpaired) electrons. The van der Waals surface area contributed by atoms with Crippen molar-refractivity contribution < 1.29 is 13.3 Å². The molecule has 0 atom stereocenters. The number of benzene rings is 1. The zero-order valence-electron chi connectivity index (χ0n) is 9.50. The van der Waals surface area contributed by atoms with Crippen LogP contribution in [0.4, 0.5) is 5.69 Å². The third kappa shape index (κ3) is 4.86. The van der Waals surface area contributed by atoms with Gasteiger partial charge in [0.25, 0.3) is 5.69 Å². The Morgan fingerprint density at radius 2 is 2.00 bits per heavy atom. The first kappa shape index (κ1) is 15.3. The molecule has 0 saturated carbocycles. The van der Waals surface area contributed by atoms with Crippen LogP contribution in [-0.4, -0.2) is 24.3 Å². The van der Waals surface area contributed by atoms with Gasteiger partial charge in [0.05, 0.1) is 10.7 Å². The van der Waals surface area contributed by atoms with Gasteiger partial charge in [-0.1, -0.05) is 40.8 Å². The van der Waals surface area contributed by atoms with Gasteiger partial charge in [-0.3, -0.25) is 10.1 Å². The molecule has 1 rings (SSSR count). The maximum absolute atomic E-state index is 11.7. The summed E-state index contributed by atoms with van der Waals surface area (Å²) in [7, 11) is -3.52. The number of hydrogen-bond acceptors (Lipinski definition) is 4. The number of hydrogen-bond donors (Lipinski definition) is 1. The van der Waals surface area contributed by atoms with Gasteiger partial charge in [0.15, 0.2) is 0 Å². The molecular weight excluding hydrogens is 371 g/mol. The predicted molar refractivity (Wildman–Crippen MR) is 77.2 cm³/mol. The van der Waals surface area contributed by atoms with Crippen molar-refractivity contribution in [3.8, 4) is 0 Å². The maximum Gasteiger partial charge on any atom is 0.273 e. The highest BCUT2D eigenvalue weighted by Crippen LogP contribution is 2.19. The molecule has 0 aliphatic rings. The highest BCUT2D eigenvalue weighted by atomic mass is 127. The van der Waals surface area contributed by atoms with E-state index >= 15 is 0 Å². The second-order valence-corrected chi connectivity index (χ2v) is 6.47. The number of para-hydroxylation sites is 1. The lowest BCUT2D eigenvalue weighted by Crippen LogP contribution is -2.26. The Bertz CT molecular complexity index is 518. The van der Waals surface area contributed by atoms with Crippen molar-refractivity contribution >= 4 is 38.3 Å². The van der Waals surface area contributed by atoms with Gasteiger partial charge in [-0.15, -0.1) is 0 Å². The molecule has 6 nitrogen and oxygen atoms in total. The molecule has 1 aromatic rings. The van der Waals surface area contributed by atoms with Gasteiger partial charge in [0, 0.05) is 22.6 Å². The smallest absolute Gasteiger partial charge is 0.258 e. The molecule has 0 saturated heterocycles. The van der Waals surface area contributed by atoms with Gasteiger partial charge in [-0.2, -0.15) is 0 Å². The zero-order chi connectivity index (χ0) is 13.6. The van der Waals surface area contributed by atoms with E-state index in [0.29, 0.717) is 6.54 Å². The first-order valence-corrected chi connectivity index (χ1v) is 8.39. The average Bonchev–Trinajstić information content (AvgIpc) is 2.29. The standard InChI is InChI=1S/C10H13IN2O4S/c11-6-3-7-12-18(16,17)8-9-4-1-2-5-10(9)13(14)15/h1-2,4-5,12H,3,6-8H2. The lowest BCUT2D eigenvalue weighted by atomic mass is 10.2. The third-order valence-electron chi connectivity index (χ3n) is 2.17. The number of rotatable bonds is 7. The molecule has 0 fully saturated rings. The van der Waals surface area contributed by atoms with Crippen LogP contribution in [0.25, 0.3) is 0 Å². The number of nitro groups is 1. The van der Waals surface area contributed by atoms with Crippen LogP contribution in [0.5, 0.6) is 0 Å². The summed E-state index contributed by atoms with van der Waals surface area (Å²) in [6, 6.07) is 5.85. The van der Waals surface area contributed by atoms with Crippen LogP contribution in [0, 0.1) is 10.1 Å². The van der Waals surface area contributed by atoms with Crippen molar-refractivity contribution in [1.82, 2.24) is 4.72 Å². The quantitative estimate of drug-likeness (QED) is 0.255. The fraction of sp³-hybridized carbons (Fsp3) is 0.400. The molecule has 1 aromatic carbocycles. The van der Waals surface area contributed by atoms with Gasteiger partial charge in [0.2, 0.25) is 10.0 Å². The van der Waals surface area contributed by atoms with Gasteiger partial charge >= 0.3 is 0 Å². The number of halogens is 1. The predicted octanol–water partition coefficient (Wildman–Crippen LogP) is 1.84. The summed E-state index contributed by atoms with van der Waals surface area (Å²) in [5.41, 5.74) is 0.0289. The van der Waals surface area contributed by atoms with Crippen molar-refractivity contribution in [3.05, 3.63) is 39.9 Å². The number of nitrogens with one attached hydrogen (secondary N) is 1. The summed E-state index contributed by atoms with van der Waals surface area (Å²) in [6.45, 7) is 0.353. The molecule has 0 spiro atoms. The van der Waals surface area contributed by atoms with E-state index in [2.05, 4.69) is 27.3 Å². The van der Waals surface area contributed by atoms with Crippen LogP contribution in [0.1, 0.15) is 12.0 Å². The minimum atomic E-state index is -3.52. The van der Waals surface area contributed by atoms with E-state index in [1.54, 1.807) is 6.07 Å². The minimum absolute atomic E-state index is 0.170. The van der Waals surface area contributed by atoms with E-state index in [0.717, 1.165) is 10.8 Å². The number of nitro benzene ring substituents is 1. The molecule has 0 aliphatic heterocycles. The topological polar surface area (TPSA) is 89.3 Å². The highest BCUT2D eigenvalue weighted by molar-refractivity contribution is 14.1. The fourth-order valence-corrected chi connectivity index (χ4v) is 2.95. The Morgan fingerprint density at radius 3 is 2.61 bits per heavy atom. The van der Waals surface area contributed by atoms with Gasteiger partial charge in [-0.25, -0.2) is 13.1 Å². The van der Waals surface area contributed by atoms with E-state index < -0.39 is 14.9 Å².